The number of aliphatic imine (C=N–C) groups is 1. The van der Waals surface area contributed by atoms with Crippen molar-refractivity contribution in [2.45, 2.75) is 26.3 Å². The van der Waals surface area contributed by atoms with Gasteiger partial charge < -0.3 is 25.2 Å². The van der Waals surface area contributed by atoms with E-state index < -0.39 is 0 Å². The first kappa shape index (κ1) is 20.5. The molecule has 1 fully saturated rings. The van der Waals surface area contributed by atoms with Gasteiger partial charge in [-0.1, -0.05) is 12.1 Å². The molecule has 1 aliphatic rings. The Morgan fingerprint density at radius 2 is 2.08 bits per heavy atom. The quantitative estimate of drug-likeness (QED) is 0.420. The van der Waals surface area contributed by atoms with Gasteiger partial charge >= 0.3 is 0 Å². The Labute approximate surface area is 158 Å². The van der Waals surface area contributed by atoms with Crippen LogP contribution in [0.3, 0.4) is 0 Å². The molecule has 0 amide bonds. The predicted octanol–water partition coefficient (Wildman–Crippen LogP) is 1.78. The number of rotatable bonds is 8. The zero-order chi connectivity index (χ0) is 18.6. The van der Waals surface area contributed by atoms with E-state index >= 15 is 0 Å². The first-order valence-corrected chi connectivity index (χ1v) is 9.77. The van der Waals surface area contributed by atoms with Gasteiger partial charge in [-0.3, -0.25) is 0 Å². The number of nitrogens with zero attached hydrogens (tertiary/aromatic N) is 3. The van der Waals surface area contributed by atoms with Crippen LogP contribution in [-0.4, -0.2) is 75.7 Å². The molecule has 1 aliphatic heterocycles. The molecule has 0 spiro atoms. The Bertz CT molecular complexity index is 549. The van der Waals surface area contributed by atoms with Gasteiger partial charge in [-0.2, -0.15) is 0 Å². The molecule has 26 heavy (non-hydrogen) atoms. The van der Waals surface area contributed by atoms with Crippen LogP contribution in [0.5, 0.6) is 5.75 Å². The van der Waals surface area contributed by atoms with E-state index in [-0.39, 0.29) is 0 Å². The minimum Gasteiger partial charge on any atom is -0.497 e. The highest BCUT2D eigenvalue weighted by Gasteiger charge is 2.11. The summed E-state index contributed by atoms with van der Waals surface area (Å²) in [6, 6.07) is 8.06. The summed E-state index contributed by atoms with van der Waals surface area (Å²) in [7, 11) is 3.91. The monoisotopic (exact) mass is 361 g/mol. The van der Waals surface area contributed by atoms with Gasteiger partial charge in [0, 0.05) is 26.2 Å². The molecule has 0 aromatic heterocycles. The summed E-state index contributed by atoms with van der Waals surface area (Å²) in [5.74, 6) is 1.75. The molecule has 0 bridgehead atoms. The molecule has 2 rings (SSSR count). The largest absolute Gasteiger partial charge is 0.497 e. The highest BCUT2D eigenvalue weighted by atomic mass is 16.5. The summed E-state index contributed by atoms with van der Waals surface area (Å²) in [6.07, 6.45) is 2.40. The second-order valence-corrected chi connectivity index (χ2v) is 6.83. The van der Waals surface area contributed by atoms with Crippen LogP contribution in [0.4, 0.5) is 0 Å². The molecule has 0 radical (unpaired) electrons. The Balaban J connectivity index is 1.74. The lowest BCUT2D eigenvalue weighted by atomic mass is 10.2. The molecule has 1 saturated heterocycles. The third-order valence-electron chi connectivity index (χ3n) is 4.65. The molecule has 2 N–H and O–H groups in total. The van der Waals surface area contributed by atoms with Crippen LogP contribution in [0.15, 0.2) is 29.3 Å². The molecule has 0 unspecified atom stereocenters. The van der Waals surface area contributed by atoms with Gasteiger partial charge in [0.1, 0.15) is 5.75 Å². The maximum Gasteiger partial charge on any atom is 0.191 e. The third kappa shape index (κ3) is 7.62. The molecule has 1 aromatic rings. The van der Waals surface area contributed by atoms with Crippen LogP contribution in [0.2, 0.25) is 0 Å². The topological polar surface area (TPSA) is 52.1 Å². The summed E-state index contributed by atoms with van der Waals surface area (Å²) in [5, 5.41) is 6.78. The van der Waals surface area contributed by atoms with Gasteiger partial charge in [-0.15, -0.1) is 0 Å². The molecule has 6 heteroatoms. The van der Waals surface area contributed by atoms with Gasteiger partial charge in [-0.05, 0) is 64.1 Å². The zero-order valence-electron chi connectivity index (χ0n) is 16.6. The third-order valence-corrected chi connectivity index (χ3v) is 4.65. The average molecular weight is 362 g/mol. The lowest BCUT2D eigenvalue weighted by molar-refractivity contribution is 0.274. The number of likely N-dealkylation sites (N-methyl/N-ethyl adjacent to an activating group) is 1. The molecule has 6 nitrogen and oxygen atoms in total. The van der Waals surface area contributed by atoms with Crippen LogP contribution >= 0.6 is 0 Å². The standard InChI is InChI=1S/C20H35N5O/c1-4-21-20(23-17-18-8-5-9-19(16-18)26-3)22-10-6-12-25-13-7-11-24(2)14-15-25/h5,8-9,16H,4,6-7,10-15,17H2,1-3H3,(H2,21,22,23). The average Bonchev–Trinajstić information content (AvgIpc) is 2.87. The van der Waals surface area contributed by atoms with E-state index in [1.807, 2.05) is 18.2 Å². The highest BCUT2D eigenvalue weighted by molar-refractivity contribution is 5.79. The Kier molecular flexibility index (Phi) is 9.28. The number of benzene rings is 1. The molecule has 1 heterocycles. The number of hydrogen-bond donors (Lipinski definition) is 2. The number of nitrogens with one attached hydrogen (secondary N) is 2. The lowest BCUT2D eigenvalue weighted by Crippen LogP contribution is -2.39. The normalized spacial score (nSPS) is 17.0. The Morgan fingerprint density at radius 1 is 1.19 bits per heavy atom. The zero-order valence-corrected chi connectivity index (χ0v) is 16.6. The van der Waals surface area contributed by atoms with E-state index in [4.69, 9.17) is 4.74 Å². The summed E-state index contributed by atoms with van der Waals surface area (Å²) >= 11 is 0. The Morgan fingerprint density at radius 3 is 2.88 bits per heavy atom. The molecule has 1 aromatic carbocycles. The molecule has 0 atom stereocenters. The van der Waals surface area contributed by atoms with Crippen molar-refractivity contribution in [3.63, 3.8) is 0 Å². The Hall–Kier alpha value is -1.79. The summed E-state index contributed by atoms with van der Waals surface area (Å²) in [5.41, 5.74) is 1.15. The molecule has 146 valence electrons. The van der Waals surface area contributed by atoms with Gasteiger partial charge in [-0.25, -0.2) is 4.99 Å². The van der Waals surface area contributed by atoms with Gasteiger partial charge in [0.15, 0.2) is 5.96 Å². The smallest absolute Gasteiger partial charge is 0.191 e. The van der Waals surface area contributed by atoms with Crippen LogP contribution in [0, 0.1) is 0 Å². The van der Waals surface area contributed by atoms with Gasteiger partial charge in [0.25, 0.3) is 0 Å². The van der Waals surface area contributed by atoms with E-state index in [1.165, 1.54) is 32.6 Å². The fraction of sp³-hybridized carbons (Fsp3) is 0.650. The van der Waals surface area contributed by atoms with Crippen molar-refractivity contribution in [1.29, 1.82) is 0 Å². The van der Waals surface area contributed by atoms with Gasteiger partial charge in [0.05, 0.1) is 13.7 Å². The number of ether oxygens (including phenoxy) is 1. The fourth-order valence-electron chi connectivity index (χ4n) is 3.12. The van der Waals surface area contributed by atoms with Crippen LogP contribution in [-0.2, 0) is 6.54 Å². The summed E-state index contributed by atoms with van der Waals surface area (Å²) < 4.78 is 5.27. The number of hydrogen-bond acceptors (Lipinski definition) is 4. The SMILES string of the molecule is CCNC(=NCc1cccc(OC)c1)NCCCN1CCCN(C)CC1. The van der Waals surface area contributed by atoms with Crippen LogP contribution in [0.1, 0.15) is 25.3 Å². The summed E-state index contributed by atoms with van der Waals surface area (Å²) in [6.45, 7) is 10.5. The van der Waals surface area contributed by atoms with Crippen LogP contribution < -0.4 is 15.4 Å². The minimum absolute atomic E-state index is 0.644. The maximum atomic E-state index is 5.27. The van der Waals surface area contributed by atoms with E-state index in [9.17, 15) is 0 Å². The number of methoxy groups -OCH3 is 1. The maximum absolute atomic E-state index is 5.27. The van der Waals surface area contributed by atoms with E-state index in [0.29, 0.717) is 6.54 Å². The molecular formula is C20H35N5O. The second-order valence-electron chi connectivity index (χ2n) is 6.83. The van der Waals surface area contributed by atoms with E-state index in [2.05, 4.69) is 45.5 Å². The first-order chi connectivity index (χ1) is 12.7. The predicted molar refractivity (Wildman–Crippen MR) is 109 cm³/mol. The van der Waals surface area contributed by atoms with E-state index in [1.54, 1.807) is 7.11 Å². The van der Waals surface area contributed by atoms with Crippen molar-refractivity contribution >= 4 is 5.96 Å². The molecular weight excluding hydrogens is 326 g/mol. The first-order valence-electron chi connectivity index (χ1n) is 9.77. The van der Waals surface area contributed by atoms with Crippen molar-refractivity contribution in [2.75, 3.05) is 60.0 Å². The molecule has 0 saturated carbocycles. The fourth-order valence-corrected chi connectivity index (χ4v) is 3.12. The van der Waals surface area contributed by atoms with Crippen molar-refractivity contribution in [2.24, 2.45) is 4.99 Å². The van der Waals surface area contributed by atoms with Crippen molar-refractivity contribution in [1.82, 2.24) is 20.4 Å². The second kappa shape index (κ2) is 11.8. The van der Waals surface area contributed by atoms with Crippen molar-refractivity contribution in [3.8, 4) is 5.75 Å². The summed E-state index contributed by atoms with van der Waals surface area (Å²) in [4.78, 5) is 9.69. The lowest BCUT2D eigenvalue weighted by Gasteiger charge is -2.20. The molecule has 0 aliphatic carbocycles. The van der Waals surface area contributed by atoms with E-state index in [0.717, 1.165) is 43.3 Å². The van der Waals surface area contributed by atoms with Crippen molar-refractivity contribution in [3.05, 3.63) is 29.8 Å². The van der Waals surface area contributed by atoms with Gasteiger partial charge in [0.2, 0.25) is 0 Å². The van der Waals surface area contributed by atoms with Crippen LogP contribution in [0.25, 0.3) is 0 Å². The minimum atomic E-state index is 0.644. The number of guanidine groups is 1. The highest BCUT2D eigenvalue weighted by Crippen LogP contribution is 2.13. The van der Waals surface area contributed by atoms with Crippen molar-refractivity contribution < 1.29 is 4.74 Å².